The molecule has 28 heavy (non-hydrogen) atoms. The first kappa shape index (κ1) is 18.2. The number of aromatic nitrogens is 2. The number of para-hydroxylation sites is 1. The summed E-state index contributed by atoms with van der Waals surface area (Å²) in [6, 6.07) is 13.3. The summed E-state index contributed by atoms with van der Waals surface area (Å²) >= 11 is 2.57. The van der Waals surface area contributed by atoms with Gasteiger partial charge in [0.15, 0.2) is 10.3 Å². The minimum absolute atomic E-state index is 0.0436. The van der Waals surface area contributed by atoms with Gasteiger partial charge in [-0.2, -0.15) is 0 Å². The van der Waals surface area contributed by atoms with Gasteiger partial charge in [0.1, 0.15) is 5.82 Å². The van der Waals surface area contributed by atoms with E-state index in [0.717, 1.165) is 10.2 Å². The lowest BCUT2D eigenvalue weighted by Gasteiger charge is -2.02. The van der Waals surface area contributed by atoms with E-state index in [2.05, 4.69) is 20.6 Å². The Morgan fingerprint density at radius 1 is 0.964 bits per heavy atom. The molecular weight excluding hydrogens is 399 g/mol. The molecule has 140 valence electrons. The van der Waals surface area contributed by atoms with Crippen LogP contribution in [0.15, 0.2) is 53.9 Å². The number of thiazole rings is 2. The van der Waals surface area contributed by atoms with Crippen LogP contribution in [0, 0.1) is 5.82 Å². The van der Waals surface area contributed by atoms with E-state index >= 15 is 0 Å². The van der Waals surface area contributed by atoms with Gasteiger partial charge in [0, 0.05) is 5.38 Å². The predicted octanol–water partition coefficient (Wildman–Crippen LogP) is 4.33. The molecule has 9 heteroatoms. The number of benzene rings is 2. The summed E-state index contributed by atoms with van der Waals surface area (Å²) in [5.74, 6) is -1.44. The lowest BCUT2D eigenvalue weighted by molar-refractivity contribution is -0.115. The van der Waals surface area contributed by atoms with Crippen LogP contribution in [0.3, 0.4) is 0 Å². The van der Waals surface area contributed by atoms with Crippen LogP contribution < -0.4 is 10.6 Å². The Balaban J connectivity index is 1.38. The molecular formula is C19H13FN4O2S2. The fourth-order valence-electron chi connectivity index (χ4n) is 2.51. The van der Waals surface area contributed by atoms with Gasteiger partial charge in [-0.25, -0.2) is 14.4 Å². The first-order valence-electron chi connectivity index (χ1n) is 8.24. The second-order valence-electron chi connectivity index (χ2n) is 5.79. The summed E-state index contributed by atoms with van der Waals surface area (Å²) in [4.78, 5) is 32.9. The Hall–Kier alpha value is -3.17. The second-order valence-corrected chi connectivity index (χ2v) is 7.68. The van der Waals surface area contributed by atoms with Crippen molar-refractivity contribution in [1.29, 1.82) is 0 Å². The van der Waals surface area contributed by atoms with E-state index in [1.165, 1.54) is 40.9 Å². The monoisotopic (exact) mass is 412 g/mol. The van der Waals surface area contributed by atoms with Gasteiger partial charge in [0.2, 0.25) is 5.91 Å². The van der Waals surface area contributed by atoms with E-state index in [4.69, 9.17) is 0 Å². The van der Waals surface area contributed by atoms with E-state index in [0.29, 0.717) is 16.0 Å². The summed E-state index contributed by atoms with van der Waals surface area (Å²) in [5.41, 5.74) is 1.27. The molecule has 0 saturated heterocycles. The molecule has 4 aromatic rings. The normalized spacial score (nSPS) is 10.8. The summed E-state index contributed by atoms with van der Waals surface area (Å²) in [7, 11) is 0. The molecule has 0 fully saturated rings. The van der Waals surface area contributed by atoms with Crippen LogP contribution in [0.2, 0.25) is 0 Å². The molecule has 0 radical (unpaired) electrons. The maximum Gasteiger partial charge on any atom is 0.260 e. The molecule has 0 unspecified atom stereocenters. The molecule has 6 nitrogen and oxygen atoms in total. The molecule has 0 aliphatic rings. The Kier molecular flexibility index (Phi) is 5.09. The highest BCUT2D eigenvalue weighted by Crippen LogP contribution is 2.25. The minimum Gasteiger partial charge on any atom is -0.302 e. The van der Waals surface area contributed by atoms with Gasteiger partial charge < -0.3 is 5.32 Å². The maximum absolute atomic E-state index is 13.7. The average molecular weight is 412 g/mol. The smallest absolute Gasteiger partial charge is 0.260 e. The van der Waals surface area contributed by atoms with Crippen LogP contribution in [-0.2, 0) is 11.2 Å². The SMILES string of the molecule is O=C(Cc1csc(NC(=O)c2ccccc2F)n1)Nc1nc2ccccc2s1. The van der Waals surface area contributed by atoms with Crippen molar-refractivity contribution in [2.75, 3.05) is 10.6 Å². The average Bonchev–Trinajstić information content (AvgIpc) is 3.27. The van der Waals surface area contributed by atoms with Gasteiger partial charge in [-0.05, 0) is 24.3 Å². The third-order valence-corrected chi connectivity index (χ3v) is 5.53. The number of carbonyl (C=O) groups is 2. The number of amides is 2. The standard InChI is InChI=1S/C19H13FN4O2S2/c20-13-6-2-1-5-12(13)17(26)24-18-21-11(10-27-18)9-16(25)23-19-22-14-7-3-4-8-15(14)28-19/h1-8,10H,9H2,(H,21,24,26)(H,22,23,25). The Morgan fingerprint density at radius 3 is 2.57 bits per heavy atom. The van der Waals surface area contributed by atoms with Crippen molar-refractivity contribution < 1.29 is 14.0 Å². The summed E-state index contributed by atoms with van der Waals surface area (Å²) < 4.78 is 14.7. The molecule has 0 bridgehead atoms. The molecule has 0 saturated carbocycles. The number of halogens is 1. The van der Waals surface area contributed by atoms with E-state index in [-0.39, 0.29) is 17.9 Å². The first-order chi connectivity index (χ1) is 13.6. The van der Waals surface area contributed by atoms with Crippen molar-refractivity contribution in [1.82, 2.24) is 9.97 Å². The largest absolute Gasteiger partial charge is 0.302 e. The Labute approximate surface area is 167 Å². The van der Waals surface area contributed by atoms with Crippen LogP contribution in [0.4, 0.5) is 14.7 Å². The Morgan fingerprint density at radius 2 is 1.75 bits per heavy atom. The number of nitrogens with zero attached hydrogens (tertiary/aromatic N) is 2. The van der Waals surface area contributed by atoms with Gasteiger partial charge in [-0.15, -0.1) is 11.3 Å². The van der Waals surface area contributed by atoms with Crippen molar-refractivity contribution in [3.8, 4) is 0 Å². The van der Waals surface area contributed by atoms with Crippen molar-refractivity contribution in [2.24, 2.45) is 0 Å². The quantitative estimate of drug-likeness (QED) is 0.511. The molecule has 2 N–H and O–H groups in total. The second kappa shape index (κ2) is 7.83. The molecule has 2 aromatic carbocycles. The lowest BCUT2D eigenvalue weighted by Crippen LogP contribution is -2.15. The van der Waals surface area contributed by atoms with Gasteiger partial charge in [0.05, 0.1) is 27.9 Å². The molecule has 2 aromatic heterocycles. The van der Waals surface area contributed by atoms with Gasteiger partial charge in [-0.1, -0.05) is 35.6 Å². The zero-order valence-electron chi connectivity index (χ0n) is 14.3. The van der Waals surface area contributed by atoms with Crippen LogP contribution in [0.5, 0.6) is 0 Å². The Bertz CT molecular complexity index is 1140. The molecule has 2 heterocycles. The fourth-order valence-corrected chi connectivity index (χ4v) is 4.10. The van der Waals surface area contributed by atoms with E-state index in [9.17, 15) is 14.0 Å². The molecule has 4 rings (SSSR count). The zero-order chi connectivity index (χ0) is 19.5. The molecule has 0 aliphatic carbocycles. The number of rotatable bonds is 5. The summed E-state index contributed by atoms with van der Waals surface area (Å²) in [6.07, 6.45) is 0.0436. The number of nitrogens with one attached hydrogen (secondary N) is 2. The van der Waals surface area contributed by atoms with E-state index in [1.54, 1.807) is 11.4 Å². The number of fused-ring (bicyclic) bond motifs is 1. The minimum atomic E-state index is -0.605. The molecule has 2 amide bonds. The predicted molar refractivity (Wildman–Crippen MR) is 108 cm³/mol. The number of carbonyl (C=O) groups excluding carboxylic acids is 2. The molecule has 0 aliphatic heterocycles. The van der Waals surface area contributed by atoms with Crippen LogP contribution >= 0.6 is 22.7 Å². The highest BCUT2D eigenvalue weighted by molar-refractivity contribution is 7.22. The summed E-state index contributed by atoms with van der Waals surface area (Å²) in [5, 5.41) is 7.81. The molecule has 0 atom stereocenters. The van der Waals surface area contributed by atoms with Crippen molar-refractivity contribution in [3.05, 3.63) is 71.0 Å². The number of hydrogen-bond donors (Lipinski definition) is 2. The van der Waals surface area contributed by atoms with E-state index < -0.39 is 11.7 Å². The highest BCUT2D eigenvalue weighted by Gasteiger charge is 2.14. The number of anilines is 2. The first-order valence-corrected chi connectivity index (χ1v) is 9.94. The highest BCUT2D eigenvalue weighted by atomic mass is 32.1. The van der Waals surface area contributed by atoms with Crippen molar-refractivity contribution in [3.63, 3.8) is 0 Å². The third kappa shape index (κ3) is 4.05. The van der Waals surface area contributed by atoms with Crippen molar-refractivity contribution in [2.45, 2.75) is 6.42 Å². The van der Waals surface area contributed by atoms with Crippen LogP contribution in [-0.4, -0.2) is 21.8 Å². The van der Waals surface area contributed by atoms with E-state index in [1.807, 2.05) is 24.3 Å². The third-order valence-electron chi connectivity index (χ3n) is 3.77. The van der Waals surface area contributed by atoms with Gasteiger partial charge in [-0.3, -0.25) is 14.9 Å². The van der Waals surface area contributed by atoms with Crippen LogP contribution in [0.1, 0.15) is 16.1 Å². The maximum atomic E-state index is 13.7. The topological polar surface area (TPSA) is 84.0 Å². The van der Waals surface area contributed by atoms with Crippen LogP contribution in [0.25, 0.3) is 10.2 Å². The lowest BCUT2D eigenvalue weighted by atomic mass is 10.2. The van der Waals surface area contributed by atoms with Gasteiger partial charge in [0.25, 0.3) is 5.91 Å². The number of hydrogen-bond acceptors (Lipinski definition) is 6. The fraction of sp³-hybridized carbons (Fsp3) is 0.0526. The van der Waals surface area contributed by atoms with Gasteiger partial charge >= 0.3 is 0 Å². The molecule has 0 spiro atoms. The summed E-state index contributed by atoms with van der Waals surface area (Å²) in [6.45, 7) is 0. The zero-order valence-corrected chi connectivity index (χ0v) is 15.9. The van der Waals surface area contributed by atoms with Crippen molar-refractivity contribution >= 4 is 55.0 Å².